The van der Waals surface area contributed by atoms with Crippen LogP contribution in [0, 0.1) is 0 Å². The van der Waals surface area contributed by atoms with Crippen molar-refractivity contribution in [1.82, 2.24) is 0 Å². The van der Waals surface area contributed by atoms with Crippen LogP contribution < -0.4 is 4.90 Å². The van der Waals surface area contributed by atoms with Crippen molar-refractivity contribution >= 4 is 27.6 Å². The van der Waals surface area contributed by atoms with E-state index < -0.39 is 5.97 Å². The zero-order valence-corrected chi connectivity index (χ0v) is 12.2. The molecule has 0 saturated heterocycles. The zero-order valence-electron chi connectivity index (χ0n) is 10.6. The highest BCUT2D eigenvalue weighted by Gasteiger charge is 2.22. The van der Waals surface area contributed by atoms with Gasteiger partial charge in [0.05, 0.1) is 5.56 Å². The quantitative estimate of drug-likeness (QED) is 0.920. The molecule has 0 bridgehead atoms. The number of benzene rings is 1. The second-order valence-corrected chi connectivity index (χ2v) is 5.55. The van der Waals surface area contributed by atoms with E-state index in [-0.39, 0.29) is 11.1 Å². The number of carbonyl (C=O) groups is 1. The molecule has 4 heteroatoms. The minimum atomic E-state index is -0.916. The van der Waals surface area contributed by atoms with Gasteiger partial charge in [-0.1, -0.05) is 6.92 Å². The van der Waals surface area contributed by atoms with Gasteiger partial charge in [-0.05, 0) is 54.4 Å². The summed E-state index contributed by atoms with van der Waals surface area (Å²) in [5.41, 5.74) is 1.34. The summed E-state index contributed by atoms with van der Waals surface area (Å²) in [6.45, 7) is 6.45. The molecular formula is C13H18BrNO2. The first kappa shape index (κ1) is 14.0. The summed E-state index contributed by atoms with van der Waals surface area (Å²) in [6, 6.07) is 5.32. The number of aromatic carboxylic acids is 1. The lowest BCUT2D eigenvalue weighted by Gasteiger charge is -2.37. The molecule has 0 aromatic heterocycles. The summed E-state index contributed by atoms with van der Waals surface area (Å²) in [7, 11) is 2.02. The number of carboxylic acids is 1. The zero-order chi connectivity index (χ0) is 13.2. The number of rotatable bonds is 4. The average Bonchev–Trinajstić information content (AvgIpc) is 2.27. The summed E-state index contributed by atoms with van der Waals surface area (Å²) in [4.78, 5) is 13.1. The van der Waals surface area contributed by atoms with Crippen LogP contribution in [0.1, 0.15) is 37.6 Å². The van der Waals surface area contributed by atoms with E-state index in [2.05, 4.69) is 41.6 Å². The van der Waals surface area contributed by atoms with Crippen LogP contribution in [-0.4, -0.2) is 23.7 Å². The van der Waals surface area contributed by atoms with Crippen molar-refractivity contribution in [3.63, 3.8) is 0 Å². The normalized spacial score (nSPS) is 11.4. The van der Waals surface area contributed by atoms with Gasteiger partial charge in [-0.3, -0.25) is 0 Å². The van der Waals surface area contributed by atoms with Gasteiger partial charge in [0.15, 0.2) is 0 Å². The van der Waals surface area contributed by atoms with Gasteiger partial charge < -0.3 is 10.0 Å². The minimum absolute atomic E-state index is 0.0458. The molecule has 0 aliphatic carbocycles. The van der Waals surface area contributed by atoms with Gasteiger partial charge in [-0.2, -0.15) is 0 Å². The van der Waals surface area contributed by atoms with E-state index in [9.17, 15) is 4.79 Å². The first-order chi connectivity index (χ1) is 7.79. The maximum absolute atomic E-state index is 10.9. The fourth-order valence-corrected chi connectivity index (χ4v) is 2.01. The molecule has 3 nitrogen and oxygen atoms in total. The molecule has 0 fully saturated rings. The third kappa shape index (κ3) is 3.00. The average molecular weight is 300 g/mol. The fourth-order valence-electron chi connectivity index (χ4n) is 1.47. The van der Waals surface area contributed by atoms with E-state index in [1.54, 1.807) is 6.07 Å². The van der Waals surface area contributed by atoms with E-state index in [1.807, 2.05) is 19.2 Å². The number of carboxylic acid groups (broad SMARTS) is 1. The highest BCUT2D eigenvalue weighted by atomic mass is 79.9. The van der Waals surface area contributed by atoms with Gasteiger partial charge in [-0.15, -0.1) is 0 Å². The van der Waals surface area contributed by atoms with Crippen LogP contribution in [-0.2, 0) is 0 Å². The molecule has 0 heterocycles. The topological polar surface area (TPSA) is 40.5 Å². The van der Waals surface area contributed by atoms with E-state index >= 15 is 0 Å². The lowest BCUT2D eigenvalue weighted by atomic mass is 9.99. The third-order valence-corrected chi connectivity index (χ3v) is 4.00. The number of hydrogen-bond donors (Lipinski definition) is 1. The van der Waals surface area contributed by atoms with Gasteiger partial charge in [0, 0.05) is 22.7 Å². The van der Waals surface area contributed by atoms with Gasteiger partial charge in [0.1, 0.15) is 0 Å². The summed E-state index contributed by atoms with van der Waals surface area (Å²) in [5, 5.41) is 8.96. The van der Waals surface area contributed by atoms with Gasteiger partial charge in [0.2, 0.25) is 0 Å². The summed E-state index contributed by atoms with van der Waals surface area (Å²) in [6.07, 6.45) is 1.02. The Morgan fingerprint density at radius 3 is 2.47 bits per heavy atom. The second kappa shape index (κ2) is 5.08. The molecule has 0 unspecified atom stereocenters. The molecule has 94 valence electrons. The van der Waals surface area contributed by atoms with Crippen LogP contribution in [0.2, 0.25) is 0 Å². The molecule has 0 radical (unpaired) electrons. The first-order valence-corrected chi connectivity index (χ1v) is 6.35. The lowest BCUT2D eigenvalue weighted by Crippen LogP contribution is -2.40. The van der Waals surface area contributed by atoms with Crippen molar-refractivity contribution in [1.29, 1.82) is 0 Å². The van der Waals surface area contributed by atoms with Crippen LogP contribution in [0.25, 0.3) is 0 Å². The molecule has 1 aromatic carbocycles. The lowest BCUT2D eigenvalue weighted by molar-refractivity contribution is 0.0696. The molecule has 1 aromatic rings. The molecule has 17 heavy (non-hydrogen) atoms. The van der Waals surface area contributed by atoms with Crippen LogP contribution >= 0.6 is 15.9 Å². The SMILES string of the molecule is CCC(C)(C)N(C)c1ccc(C(=O)O)c(Br)c1. The molecule has 0 aliphatic heterocycles. The van der Waals surface area contributed by atoms with Crippen LogP contribution in [0.3, 0.4) is 0 Å². The maximum Gasteiger partial charge on any atom is 0.336 e. The largest absolute Gasteiger partial charge is 0.478 e. The minimum Gasteiger partial charge on any atom is -0.478 e. The maximum atomic E-state index is 10.9. The molecule has 0 spiro atoms. The van der Waals surface area contributed by atoms with Crippen molar-refractivity contribution in [2.45, 2.75) is 32.7 Å². The Kier molecular flexibility index (Phi) is 4.20. The van der Waals surface area contributed by atoms with Crippen LogP contribution in [0.5, 0.6) is 0 Å². The first-order valence-electron chi connectivity index (χ1n) is 5.56. The highest BCUT2D eigenvalue weighted by Crippen LogP contribution is 2.29. The number of nitrogens with zero attached hydrogens (tertiary/aromatic N) is 1. The van der Waals surface area contributed by atoms with E-state index in [4.69, 9.17) is 5.11 Å². The van der Waals surface area contributed by atoms with Crippen molar-refractivity contribution in [2.75, 3.05) is 11.9 Å². The summed E-state index contributed by atoms with van der Waals surface area (Å²) in [5.74, 6) is -0.916. The summed E-state index contributed by atoms with van der Waals surface area (Å²) < 4.78 is 0.612. The molecule has 1 rings (SSSR count). The van der Waals surface area contributed by atoms with E-state index in [0.717, 1.165) is 12.1 Å². The van der Waals surface area contributed by atoms with Crippen LogP contribution in [0.4, 0.5) is 5.69 Å². The van der Waals surface area contributed by atoms with Crippen LogP contribution in [0.15, 0.2) is 22.7 Å². The Balaban J connectivity index is 3.10. The Bertz CT molecular complexity index is 429. The number of hydrogen-bond acceptors (Lipinski definition) is 2. The van der Waals surface area contributed by atoms with Gasteiger partial charge in [0.25, 0.3) is 0 Å². The van der Waals surface area contributed by atoms with Crippen molar-refractivity contribution in [3.8, 4) is 0 Å². The second-order valence-electron chi connectivity index (χ2n) is 4.69. The molecule has 0 aliphatic rings. The fraction of sp³-hybridized carbons (Fsp3) is 0.462. The molecular weight excluding hydrogens is 282 g/mol. The summed E-state index contributed by atoms with van der Waals surface area (Å²) >= 11 is 3.30. The Morgan fingerprint density at radius 1 is 1.47 bits per heavy atom. The Labute approximate surface area is 111 Å². The standard InChI is InChI=1S/C13H18BrNO2/c1-5-13(2,3)15(4)9-6-7-10(12(16)17)11(14)8-9/h6-8H,5H2,1-4H3,(H,16,17). The van der Waals surface area contributed by atoms with E-state index in [1.165, 1.54) is 0 Å². The van der Waals surface area contributed by atoms with Crippen molar-refractivity contribution in [3.05, 3.63) is 28.2 Å². The predicted octanol–water partition coefficient (Wildman–Crippen LogP) is 3.77. The molecule has 0 saturated carbocycles. The predicted molar refractivity (Wildman–Crippen MR) is 73.9 cm³/mol. The molecule has 1 N–H and O–H groups in total. The Morgan fingerprint density at radius 2 is 2.06 bits per heavy atom. The van der Waals surface area contributed by atoms with Gasteiger partial charge in [-0.25, -0.2) is 4.79 Å². The van der Waals surface area contributed by atoms with Gasteiger partial charge >= 0.3 is 5.97 Å². The Hall–Kier alpha value is -1.03. The number of halogens is 1. The molecule has 0 atom stereocenters. The monoisotopic (exact) mass is 299 g/mol. The number of anilines is 1. The highest BCUT2D eigenvalue weighted by molar-refractivity contribution is 9.10. The third-order valence-electron chi connectivity index (χ3n) is 3.34. The van der Waals surface area contributed by atoms with Crippen molar-refractivity contribution < 1.29 is 9.90 Å². The smallest absolute Gasteiger partial charge is 0.336 e. The van der Waals surface area contributed by atoms with Crippen molar-refractivity contribution in [2.24, 2.45) is 0 Å². The molecule has 0 amide bonds. The van der Waals surface area contributed by atoms with E-state index in [0.29, 0.717) is 4.47 Å².